The highest BCUT2D eigenvalue weighted by Crippen LogP contribution is 2.46. The van der Waals surface area contributed by atoms with Gasteiger partial charge in [0, 0.05) is 41.0 Å². The molecule has 8 heteroatoms. The Morgan fingerprint density at radius 3 is 2.56 bits per heavy atom. The lowest BCUT2D eigenvalue weighted by molar-refractivity contribution is 0.261. The third kappa shape index (κ3) is 5.66. The Labute approximate surface area is 218 Å². The van der Waals surface area contributed by atoms with E-state index in [4.69, 9.17) is 8.92 Å². The van der Waals surface area contributed by atoms with Gasteiger partial charge in [0.25, 0.3) is 0 Å². The summed E-state index contributed by atoms with van der Waals surface area (Å²) in [7, 11) is -1.93. The normalized spacial score (nSPS) is 17.8. The van der Waals surface area contributed by atoms with Gasteiger partial charge in [-0.2, -0.15) is 8.42 Å². The lowest BCUT2D eigenvalue weighted by atomic mass is 10.1. The zero-order valence-corrected chi connectivity index (χ0v) is 22.4. The molecule has 0 radical (unpaired) electrons. The van der Waals surface area contributed by atoms with Crippen LogP contribution in [0, 0.1) is 0 Å². The number of rotatable bonds is 8. The molecule has 5 rings (SSSR count). The summed E-state index contributed by atoms with van der Waals surface area (Å²) in [6.45, 7) is 2.94. The van der Waals surface area contributed by atoms with Crippen molar-refractivity contribution in [1.82, 2.24) is 4.90 Å². The minimum Gasteiger partial charge on any atom is -0.497 e. The van der Waals surface area contributed by atoms with Crippen molar-refractivity contribution in [2.45, 2.75) is 36.0 Å². The standard InChI is InChI=1S/C28H32N2O4S2/c1-33-23-14-12-21(13-15-23)16-18-29-17-6-7-22(29)19-30-25-9-5-10-27(34-36(2,31)32)24(25)20-35-28-11-4-3-8-26(28)30/h3-5,8-15,22H,6-7,16-20H2,1-2H3. The van der Waals surface area contributed by atoms with E-state index in [2.05, 4.69) is 52.3 Å². The van der Waals surface area contributed by atoms with Gasteiger partial charge in [-0.15, -0.1) is 11.8 Å². The zero-order valence-electron chi connectivity index (χ0n) is 20.7. The van der Waals surface area contributed by atoms with E-state index in [-0.39, 0.29) is 0 Å². The van der Waals surface area contributed by atoms with Gasteiger partial charge in [0.15, 0.2) is 0 Å². The average Bonchev–Trinajstić information content (AvgIpc) is 3.25. The van der Waals surface area contributed by atoms with E-state index >= 15 is 0 Å². The van der Waals surface area contributed by atoms with Crippen LogP contribution in [-0.2, 0) is 22.3 Å². The summed E-state index contributed by atoms with van der Waals surface area (Å²) in [6, 6.07) is 22.9. The van der Waals surface area contributed by atoms with Gasteiger partial charge >= 0.3 is 10.1 Å². The van der Waals surface area contributed by atoms with E-state index in [1.165, 1.54) is 22.6 Å². The third-order valence-electron chi connectivity index (χ3n) is 6.91. The lowest BCUT2D eigenvalue weighted by Gasteiger charge is -2.33. The molecule has 1 atom stereocenters. The van der Waals surface area contributed by atoms with Crippen LogP contribution in [-0.4, -0.2) is 52.4 Å². The molecule has 0 spiro atoms. The maximum atomic E-state index is 12.0. The summed E-state index contributed by atoms with van der Waals surface area (Å²) in [5.74, 6) is 1.96. The van der Waals surface area contributed by atoms with Crippen molar-refractivity contribution < 1.29 is 17.3 Å². The van der Waals surface area contributed by atoms with Crippen LogP contribution >= 0.6 is 11.8 Å². The second kappa shape index (κ2) is 10.7. The first kappa shape index (κ1) is 25.0. The number of hydrogen-bond acceptors (Lipinski definition) is 7. The highest BCUT2D eigenvalue weighted by Gasteiger charge is 2.30. The molecule has 1 fully saturated rings. The fourth-order valence-corrected chi connectivity index (χ4v) is 6.72. The van der Waals surface area contributed by atoms with Crippen LogP contribution in [0.4, 0.5) is 11.4 Å². The Kier molecular flexibility index (Phi) is 7.46. The average molecular weight is 525 g/mol. The van der Waals surface area contributed by atoms with Crippen molar-refractivity contribution in [1.29, 1.82) is 0 Å². The van der Waals surface area contributed by atoms with Crippen LogP contribution in [0.15, 0.2) is 71.6 Å². The first-order valence-electron chi connectivity index (χ1n) is 12.3. The number of thioether (sulfide) groups is 1. The highest BCUT2D eigenvalue weighted by atomic mass is 32.2. The van der Waals surface area contributed by atoms with Crippen LogP contribution in [0.5, 0.6) is 11.5 Å². The topological polar surface area (TPSA) is 59.1 Å². The number of benzene rings is 3. The van der Waals surface area contributed by atoms with Crippen molar-refractivity contribution in [2.24, 2.45) is 0 Å². The number of hydrogen-bond donors (Lipinski definition) is 0. The molecule has 3 aromatic rings. The van der Waals surface area contributed by atoms with Gasteiger partial charge in [0.05, 0.1) is 19.1 Å². The summed E-state index contributed by atoms with van der Waals surface area (Å²) in [5, 5.41) is 0. The van der Waals surface area contributed by atoms with Crippen molar-refractivity contribution in [3.8, 4) is 11.5 Å². The summed E-state index contributed by atoms with van der Waals surface area (Å²) in [6.07, 6.45) is 4.42. The Morgan fingerprint density at radius 2 is 1.78 bits per heavy atom. The molecule has 190 valence electrons. The van der Waals surface area contributed by atoms with E-state index in [1.54, 1.807) is 24.9 Å². The van der Waals surface area contributed by atoms with E-state index in [0.29, 0.717) is 17.5 Å². The van der Waals surface area contributed by atoms with Crippen LogP contribution in [0.3, 0.4) is 0 Å². The molecule has 2 aliphatic heterocycles. The van der Waals surface area contributed by atoms with Gasteiger partial charge in [0.1, 0.15) is 11.5 Å². The molecule has 2 heterocycles. The molecular weight excluding hydrogens is 492 g/mol. The monoisotopic (exact) mass is 524 g/mol. The van der Waals surface area contributed by atoms with Crippen molar-refractivity contribution in [3.63, 3.8) is 0 Å². The molecule has 1 saturated heterocycles. The smallest absolute Gasteiger partial charge is 0.306 e. The predicted octanol–water partition coefficient (Wildman–Crippen LogP) is 5.48. The molecule has 0 amide bonds. The first-order valence-corrected chi connectivity index (χ1v) is 15.1. The number of likely N-dealkylation sites (tertiary alicyclic amines) is 1. The minimum absolute atomic E-state index is 0.409. The number of para-hydroxylation sites is 1. The Morgan fingerprint density at radius 1 is 1.00 bits per heavy atom. The zero-order chi connectivity index (χ0) is 25.1. The molecular formula is C28H32N2O4S2. The SMILES string of the molecule is COc1ccc(CCN2CCCC2CN2c3ccccc3SCc3c(OS(C)(=O)=O)cccc32)cc1. The molecule has 1 unspecified atom stereocenters. The number of methoxy groups -OCH3 is 1. The largest absolute Gasteiger partial charge is 0.497 e. The summed E-state index contributed by atoms with van der Waals surface area (Å²) < 4.78 is 34.6. The number of fused-ring (bicyclic) bond motifs is 2. The number of anilines is 2. The Bertz CT molecular complexity index is 1310. The highest BCUT2D eigenvalue weighted by molar-refractivity contribution is 7.98. The number of nitrogens with zero attached hydrogens (tertiary/aromatic N) is 2. The van der Waals surface area contributed by atoms with Crippen molar-refractivity contribution in [2.75, 3.05) is 37.9 Å². The fourth-order valence-electron chi connectivity index (χ4n) is 5.14. The molecule has 36 heavy (non-hydrogen) atoms. The summed E-state index contributed by atoms with van der Waals surface area (Å²) in [5.41, 5.74) is 4.42. The number of ether oxygens (including phenoxy) is 1. The molecule has 0 saturated carbocycles. The Balaban J connectivity index is 1.41. The predicted molar refractivity (Wildman–Crippen MR) is 146 cm³/mol. The van der Waals surface area contributed by atoms with Crippen LogP contribution in [0.25, 0.3) is 0 Å². The van der Waals surface area contributed by atoms with E-state index in [9.17, 15) is 8.42 Å². The van der Waals surface area contributed by atoms with Crippen LogP contribution < -0.4 is 13.8 Å². The summed E-state index contributed by atoms with van der Waals surface area (Å²) in [4.78, 5) is 6.17. The van der Waals surface area contributed by atoms with E-state index in [0.717, 1.165) is 55.7 Å². The molecule has 2 aliphatic rings. The second-order valence-corrected chi connectivity index (χ2v) is 11.9. The fraction of sp³-hybridized carbons (Fsp3) is 0.357. The Hall–Kier alpha value is -2.68. The van der Waals surface area contributed by atoms with Gasteiger partial charge in [-0.05, 0) is 67.8 Å². The van der Waals surface area contributed by atoms with Crippen molar-refractivity contribution >= 4 is 33.3 Å². The minimum atomic E-state index is -3.62. The van der Waals surface area contributed by atoms with Crippen molar-refractivity contribution in [3.05, 3.63) is 77.9 Å². The van der Waals surface area contributed by atoms with Gasteiger partial charge < -0.3 is 13.8 Å². The molecule has 0 aromatic heterocycles. The van der Waals surface area contributed by atoms with E-state index < -0.39 is 10.1 Å². The molecule has 0 N–H and O–H groups in total. The maximum absolute atomic E-state index is 12.0. The van der Waals surface area contributed by atoms with Crippen LogP contribution in [0.1, 0.15) is 24.0 Å². The quantitative estimate of drug-likeness (QED) is 0.362. The first-order chi connectivity index (χ1) is 17.4. The lowest BCUT2D eigenvalue weighted by Crippen LogP contribution is -2.40. The van der Waals surface area contributed by atoms with Crippen LogP contribution in [0.2, 0.25) is 0 Å². The van der Waals surface area contributed by atoms with Gasteiger partial charge in [-0.3, -0.25) is 4.90 Å². The molecule has 0 aliphatic carbocycles. The second-order valence-electron chi connectivity index (χ2n) is 9.34. The molecule has 0 bridgehead atoms. The van der Waals surface area contributed by atoms with Gasteiger partial charge in [-0.1, -0.05) is 30.3 Å². The van der Waals surface area contributed by atoms with Gasteiger partial charge in [-0.25, -0.2) is 0 Å². The molecule has 6 nitrogen and oxygen atoms in total. The summed E-state index contributed by atoms with van der Waals surface area (Å²) >= 11 is 1.73. The third-order valence-corrected chi connectivity index (χ3v) is 8.48. The van der Waals surface area contributed by atoms with E-state index in [1.807, 2.05) is 18.2 Å². The maximum Gasteiger partial charge on any atom is 0.306 e. The molecule has 3 aromatic carbocycles. The van der Waals surface area contributed by atoms with Gasteiger partial charge in [0.2, 0.25) is 0 Å².